The molecule has 0 aliphatic carbocycles. The van der Waals surface area contributed by atoms with Gasteiger partial charge in [0.2, 0.25) is 0 Å². The number of nitrogens with one attached hydrogen (secondary N) is 1. The number of pyridine rings is 1. The molecule has 1 amide bonds. The lowest BCUT2D eigenvalue weighted by atomic mass is 10.3. The molecule has 18 heavy (non-hydrogen) atoms. The van der Waals surface area contributed by atoms with Crippen molar-refractivity contribution in [1.29, 1.82) is 0 Å². The van der Waals surface area contributed by atoms with E-state index in [1.54, 1.807) is 30.1 Å². The molecule has 0 fully saturated rings. The maximum atomic E-state index is 12.0. The van der Waals surface area contributed by atoms with Gasteiger partial charge in [0, 0.05) is 17.7 Å². The van der Waals surface area contributed by atoms with E-state index in [9.17, 15) is 4.79 Å². The van der Waals surface area contributed by atoms with Gasteiger partial charge in [0.05, 0.1) is 10.2 Å². The number of carbonyl (C=O) groups excluding carboxylic acids is 1. The van der Waals surface area contributed by atoms with Crippen molar-refractivity contribution in [3.8, 4) is 0 Å². The fourth-order valence-electron chi connectivity index (χ4n) is 1.35. The molecular formula is C11H10Br2N4O. The molecule has 0 saturated carbocycles. The summed E-state index contributed by atoms with van der Waals surface area (Å²) in [4.78, 5) is 16.1. The van der Waals surface area contributed by atoms with Crippen LogP contribution in [-0.4, -0.2) is 20.7 Å². The second kappa shape index (κ2) is 5.19. The summed E-state index contributed by atoms with van der Waals surface area (Å²) in [5.41, 5.74) is 1.24. The van der Waals surface area contributed by atoms with Gasteiger partial charge >= 0.3 is 0 Å². The predicted molar refractivity (Wildman–Crippen MR) is 75.5 cm³/mol. The van der Waals surface area contributed by atoms with Crippen LogP contribution in [0.25, 0.3) is 0 Å². The fraction of sp³-hybridized carbons (Fsp3) is 0.182. The number of aromatic nitrogens is 3. The van der Waals surface area contributed by atoms with Gasteiger partial charge in [0.15, 0.2) is 5.69 Å². The Morgan fingerprint density at radius 1 is 1.39 bits per heavy atom. The van der Waals surface area contributed by atoms with Crippen LogP contribution in [0, 0.1) is 6.92 Å². The Labute approximate surface area is 121 Å². The van der Waals surface area contributed by atoms with Gasteiger partial charge in [0.1, 0.15) is 5.82 Å². The molecule has 0 bridgehead atoms. The highest BCUT2D eigenvalue weighted by atomic mass is 79.9. The molecule has 2 aromatic heterocycles. The van der Waals surface area contributed by atoms with E-state index < -0.39 is 0 Å². The first-order valence-corrected chi connectivity index (χ1v) is 6.69. The van der Waals surface area contributed by atoms with E-state index in [2.05, 4.69) is 47.3 Å². The molecule has 0 unspecified atom stereocenters. The van der Waals surface area contributed by atoms with Gasteiger partial charge < -0.3 is 5.32 Å². The van der Waals surface area contributed by atoms with Crippen LogP contribution in [0.3, 0.4) is 0 Å². The van der Waals surface area contributed by atoms with Crippen LogP contribution in [0.15, 0.2) is 27.3 Å². The predicted octanol–water partition coefficient (Wildman–Crippen LogP) is 2.90. The molecule has 2 aromatic rings. The third-order valence-corrected chi connectivity index (χ3v) is 3.86. The number of hydrogen-bond acceptors (Lipinski definition) is 3. The van der Waals surface area contributed by atoms with E-state index >= 15 is 0 Å². The van der Waals surface area contributed by atoms with Crippen molar-refractivity contribution in [2.75, 3.05) is 5.32 Å². The first-order chi connectivity index (χ1) is 8.49. The summed E-state index contributed by atoms with van der Waals surface area (Å²) < 4.78 is 3.20. The lowest BCUT2D eigenvalue weighted by molar-refractivity contribution is 0.102. The van der Waals surface area contributed by atoms with Gasteiger partial charge in [-0.25, -0.2) is 4.98 Å². The van der Waals surface area contributed by atoms with Crippen molar-refractivity contribution in [3.63, 3.8) is 0 Å². The lowest BCUT2D eigenvalue weighted by Gasteiger charge is -2.02. The lowest BCUT2D eigenvalue weighted by Crippen LogP contribution is -2.14. The van der Waals surface area contributed by atoms with Gasteiger partial charge in [-0.2, -0.15) is 5.10 Å². The van der Waals surface area contributed by atoms with E-state index in [0.29, 0.717) is 16.0 Å². The molecular weight excluding hydrogens is 364 g/mol. The first kappa shape index (κ1) is 13.2. The summed E-state index contributed by atoms with van der Waals surface area (Å²) >= 11 is 6.64. The standard InChI is InChI=1S/C11H10Br2N4O/c1-6-9(13)10(16-17(6)2)11(18)15-8-4-3-7(12)5-14-8/h3-5H,1-2H3,(H,14,15,18). The number of carbonyl (C=O) groups is 1. The number of aryl methyl sites for hydroxylation is 1. The Morgan fingerprint density at radius 2 is 2.11 bits per heavy atom. The monoisotopic (exact) mass is 372 g/mol. The van der Waals surface area contributed by atoms with Crippen molar-refractivity contribution in [1.82, 2.24) is 14.8 Å². The molecule has 94 valence electrons. The van der Waals surface area contributed by atoms with Crippen molar-refractivity contribution in [2.24, 2.45) is 7.05 Å². The zero-order valence-corrected chi connectivity index (χ0v) is 12.9. The molecule has 0 aliphatic heterocycles. The normalized spacial score (nSPS) is 10.4. The summed E-state index contributed by atoms with van der Waals surface area (Å²) in [5, 5.41) is 6.83. The van der Waals surface area contributed by atoms with Crippen LogP contribution in [-0.2, 0) is 7.05 Å². The Kier molecular flexibility index (Phi) is 3.82. The highest BCUT2D eigenvalue weighted by Crippen LogP contribution is 2.21. The van der Waals surface area contributed by atoms with Gasteiger partial charge in [-0.15, -0.1) is 0 Å². The van der Waals surface area contributed by atoms with Gasteiger partial charge in [-0.1, -0.05) is 0 Å². The first-order valence-electron chi connectivity index (χ1n) is 5.11. The highest BCUT2D eigenvalue weighted by molar-refractivity contribution is 9.10. The summed E-state index contributed by atoms with van der Waals surface area (Å²) in [6.45, 7) is 1.88. The second-order valence-corrected chi connectivity index (χ2v) is 5.40. The average molecular weight is 374 g/mol. The zero-order valence-electron chi connectivity index (χ0n) is 9.74. The van der Waals surface area contributed by atoms with Gasteiger partial charge in [-0.3, -0.25) is 9.48 Å². The molecule has 0 aliphatic rings. The van der Waals surface area contributed by atoms with Crippen molar-refractivity contribution in [2.45, 2.75) is 6.92 Å². The summed E-state index contributed by atoms with van der Waals surface area (Å²) in [5.74, 6) is 0.193. The third-order valence-electron chi connectivity index (χ3n) is 2.45. The average Bonchev–Trinajstić information content (AvgIpc) is 2.60. The van der Waals surface area contributed by atoms with Crippen molar-refractivity contribution >= 4 is 43.6 Å². The second-order valence-electron chi connectivity index (χ2n) is 3.69. The summed E-state index contributed by atoms with van der Waals surface area (Å²) in [6, 6.07) is 3.52. The maximum Gasteiger partial charge on any atom is 0.278 e. The summed E-state index contributed by atoms with van der Waals surface area (Å²) in [6.07, 6.45) is 1.62. The molecule has 0 spiro atoms. The van der Waals surface area contributed by atoms with E-state index in [1.807, 2.05) is 6.92 Å². The Hall–Kier alpha value is -1.21. The van der Waals surface area contributed by atoms with E-state index in [-0.39, 0.29) is 5.91 Å². The molecule has 1 N–H and O–H groups in total. The number of amides is 1. The summed E-state index contributed by atoms with van der Waals surface area (Å²) in [7, 11) is 1.79. The minimum Gasteiger partial charge on any atom is -0.305 e. The van der Waals surface area contributed by atoms with Crippen LogP contribution >= 0.6 is 31.9 Å². The number of nitrogens with zero attached hydrogens (tertiary/aromatic N) is 3. The van der Waals surface area contributed by atoms with Gasteiger partial charge in [0.25, 0.3) is 5.91 Å². The molecule has 0 saturated heterocycles. The molecule has 0 atom stereocenters. The largest absolute Gasteiger partial charge is 0.305 e. The van der Waals surface area contributed by atoms with Crippen molar-refractivity contribution in [3.05, 3.63) is 38.7 Å². The Morgan fingerprint density at radius 3 is 2.61 bits per heavy atom. The van der Waals surface area contributed by atoms with E-state index in [0.717, 1.165) is 10.2 Å². The number of rotatable bonds is 2. The third kappa shape index (κ3) is 2.62. The number of hydrogen-bond donors (Lipinski definition) is 1. The Balaban J connectivity index is 2.22. The fourth-order valence-corrected chi connectivity index (χ4v) is 2.10. The van der Waals surface area contributed by atoms with Gasteiger partial charge in [-0.05, 0) is 50.9 Å². The Bertz CT molecular complexity index is 592. The SMILES string of the molecule is Cc1c(Br)c(C(=O)Nc2ccc(Br)cn2)nn1C. The number of anilines is 1. The molecule has 2 rings (SSSR count). The van der Waals surface area contributed by atoms with Crippen molar-refractivity contribution < 1.29 is 4.79 Å². The maximum absolute atomic E-state index is 12.0. The molecule has 0 aromatic carbocycles. The smallest absolute Gasteiger partial charge is 0.278 e. The van der Waals surface area contributed by atoms with Crippen LogP contribution in [0.2, 0.25) is 0 Å². The minimum absolute atomic E-state index is 0.291. The van der Waals surface area contributed by atoms with E-state index in [1.165, 1.54) is 0 Å². The van der Waals surface area contributed by atoms with Crippen LogP contribution in [0.5, 0.6) is 0 Å². The van der Waals surface area contributed by atoms with Crippen LogP contribution in [0.4, 0.5) is 5.82 Å². The highest BCUT2D eigenvalue weighted by Gasteiger charge is 2.17. The molecule has 7 heteroatoms. The number of halogens is 2. The molecule has 2 heterocycles. The van der Waals surface area contributed by atoms with Crippen LogP contribution < -0.4 is 5.32 Å². The van der Waals surface area contributed by atoms with E-state index in [4.69, 9.17) is 0 Å². The molecule has 5 nitrogen and oxygen atoms in total. The topological polar surface area (TPSA) is 59.8 Å². The van der Waals surface area contributed by atoms with Crippen LogP contribution in [0.1, 0.15) is 16.2 Å². The molecule has 0 radical (unpaired) electrons. The quantitative estimate of drug-likeness (QED) is 0.880. The minimum atomic E-state index is -0.291. The zero-order chi connectivity index (χ0) is 13.3.